The number of benzene rings is 1. The van der Waals surface area contributed by atoms with Crippen molar-refractivity contribution in [2.45, 2.75) is 12.5 Å². The first kappa shape index (κ1) is 18.2. The van der Waals surface area contributed by atoms with Crippen LogP contribution < -0.4 is 10.6 Å². The third-order valence-electron chi connectivity index (χ3n) is 3.70. The van der Waals surface area contributed by atoms with Crippen molar-refractivity contribution in [1.82, 2.24) is 15.5 Å². The fourth-order valence-electron chi connectivity index (χ4n) is 2.33. The predicted molar refractivity (Wildman–Crippen MR) is 96.9 cm³/mol. The molecule has 0 fully saturated rings. The van der Waals surface area contributed by atoms with Crippen molar-refractivity contribution in [3.05, 3.63) is 58.3 Å². The molecular weight excluding hydrogens is 322 g/mol. The second-order valence-electron chi connectivity index (χ2n) is 5.70. The van der Waals surface area contributed by atoms with Crippen LogP contribution in [0.2, 0.25) is 0 Å². The first-order valence-electron chi connectivity index (χ1n) is 7.87. The van der Waals surface area contributed by atoms with Gasteiger partial charge in [0.05, 0.1) is 6.04 Å². The molecule has 1 heterocycles. The lowest BCUT2D eigenvalue weighted by Gasteiger charge is -2.23. The van der Waals surface area contributed by atoms with E-state index in [0.29, 0.717) is 19.5 Å². The molecule has 0 saturated carbocycles. The summed E-state index contributed by atoms with van der Waals surface area (Å²) in [6, 6.07) is 13.9. The minimum absolute atomic E-state index is 0.0612. The summed E-state index contributed by atoms with van der Waals surface area (Å²) < 4.78 is 0. The van der Waals surface area contributed by atoms with Crippen LogP contribution in [0.25, 0.3) is 0 Å². The van der Waals surface area contributed by atoms with Gasteiger partial charge in [0.1, 0.15) is 0 Å². The molecule has 2 amide bonds. The molecule has 6 heteroatoms. The number of nitrogens with one attached hydrogen (secondary N) is 2. The van der Waals surface area contributed by atoms with Crippen molar-refractivity contribution in [1.29, 1.82) is 0 Å². The van der Waals surface area contributed by atoms with Crippen molar-refractivity contribution >= 4 is 23.2 Å². The highest BCUT2D eigenvalue weighted by molar-refractivity contribution is 7.10. The number of likely N-dealkylation sites (N-methyl/N-ethyl adjacent to an activating group) is 1. The highest BCUT2D eigenvalue weighted by Gasteiger charge is 2.19. The summed E-state index contributed by atoms with van der Waals surface area (Å²) in [6.07, 6.45) is 0.704. The lowest BCUT2D eigenvalue weighted by molar-refractivity contribution is -0.139. The van der Waals surface area contributed by atoms with E-state index in [-0.39, 0.29) is 6.04 Å². The molecule has 0 unspecified atom stereocenters. The number of carbonyl (C=O) groups excluding carboxylic acids is 2. The highest BCUT2D eigenvalue weighted by Crippen LogP contribution is 2.22. The Morgan fingerprint density at radius 3 is 2.38 bits per heavy atom. The van der Waals surface area contributed by atoms with E-state index in [2.05, 4.69) is 10.6 Å². The molecule has 2 aromatic rings. The third-order valence-corrected chi connectivity index (χ3v) is 4.67. The Kier molecular flexibility index (Phi) is 6.96. The lowest BCUT2D eigenvalue weighted by Crippen LogP contribution is -2.43. The number of rotatable bonds is 7. The van der Waals surface area contributed by atoms with Gasteiger partial charge in [-0.05, 0) is 37.5 Å². The maximum absolute atomic E-state index is 11.9. The average molecular weight is 345 g/mol. The molecular formula is C18H23N3O2S. The summed E-state index contributed by atoms with van der Waals surface area (Å²) in [6.45, 7) is 0.844. The smallest absolute Gasteiger partial charge is 0.309 e. The van der Waals surface area contributed by atoms with Crippen molar-refractivity contribution in [2.24, 2.45) is 0 Å². The van der Waals surface area contributed by atoms with Gasteiger partial charge in [-0.25, -0.2) is 0 Å². The summed E-state index contributed by atoms with van der Waals surface area (Å²) >= 11 is 1.64. The van der Waals surface area contributed by atoms with Crippen molar-refractivity contribution < 1.29 is 9.59 Å². The van der Waals surface area contributed by atoms with E-state index in [4.69, 9.17) is 0 Å². The van der Waals surface area contributed by atoms with Gasteiger partial charge in [-0.15, -0.1) is 11.3 Å². The van der Waals surface area contributed by atoms with E-state index in [1.54, 1.807) is 11.3 Å². The fourth-order valence-corrected chi connectivity index (χ4v) is 3.26. The third kappa shape index (κ3) is 5.47. The molecule has 0 saturated heterocycles. The second-order valence-corrected chi connectivity index (χ2v) is 6.68. The summed E-state index contributed by atoms with van der Waals surface area (Å²) in [4.78, 5) is 27.0. The molecule has 0 spiro atoms. The molecule has 0 bridgehead atoms. The van der Waals surface area contributed by atoms with Crippen LogP contribution in [0, 0.1) is 0 Å². The molecule has 1 aromatic heterocycles. The van der Waals surface area contributed by atoms with Gasteiger partial charge in [-0.3, -0.25) is 9.59 Å². The molecule has 128 valence electrons. The Balaban J connectivity index is 1.75. The normalized spacial score (nSPS) is 12.0. The average Bonchev–Trinajstić information content (AvgIpc) is 3.09. The number of thiophene rings is 1. The number of nitrogens with zero attached hydrogens (tertiary/aromatic N) is 1. The van der Waals surface area contributed by atoms with Crippen LogP contribution >= 0.6 is 11.3 Å². The minimum atomic E-state index is -0.591. The molecule has 2 rings (SSSR count). The summed E-state index contributed by atoms with van der Waals surface area (Å²) in [7, 11) is 3.91. The van der Waals surface area contributed by atoms with E-state index in [1.165, 1.54) is 0 Å². The minimum Gasteiger partial charge on any atom is -0.348 e. The van der Waals surface area contributed by atoms with Gasteiger partial charge in [-0.1, -0.05) is 36.4 Å². The Hall–Kier alpha value is -2.18. The zero-order chi connectivity index (χ0) is 17.4. The molecule has 0 aliphatic carbocycles. The Morgan fingerprint density at radius 2 is 1.75 bits per heavy atom. The van der Waals surface area contributed by atoms with Gasteiger partial charge in [-0.2, -0.15) is 0 Å². The van der Waals surface area contributed by atoms with Gasteiger partial charge < -0.3 is 15.5 Å². The largest absolute Gasteiger partial charge is 0.348 e. The number of amides is 2. The van der Waals surface area contributed by atoms with E-state index in [0.717, 1.165) is 10.4 Å². The Labute approximate surface area is 146 Å². The zero-order valence-corrected chi connectivity index (χ0v) is 14.8. The van der Waals surface area contributed by atoms with E-state index in [1.807, 2.05) is 66.8 Å². The van der Waals surface area contributed by atoms with Crippen molar-refractivity contribution in [2.75, 3.05) is 27.2 Å². The van der Waals surface area contributed by atoms with Gasteiger partial charge >= 0.3 is 11.8 Å². The molecule has 5 nitrogen and oxygen atoms in total. The molecule has 1 atom stereocenters. The van der Waals surface area contributed by atoms with Gasteiger partial charge in [0.15, 0.2) is 0 Å². The van der Waals surface area contributed by atoms with Gasteiger partial charge in [0, 0.05) is 18.0 Å². The van der Waals surface area contributed by atoms with E-state index >= 15 is 0 Å². The number of hydrogen-bond acceptors (Lipinski definition) is 4. The summed E-state index contributed by atoms with van der Waals surface area (Å²) in [5, 5.41) is 7.38. The predicted octanol–water partition coefficient (Wildman–Crippen LogP) is 1.83. The summed E-state index contributed by atoms with van der Waals surface area (Å²) in [5.41, 5.74) is 1.13. The maximum atomic E-state index is 11.9. The molecule has 1 aromatic carbocycles. The first-order valence-corrected chi connectivity index (χ1v) is 8.75. The highest BCUT2D eigenvalue weighted by atomic mass is 32.1. The van der Waals surface area contributed by atoms with Crippen LogP contribution in [-0.4, -0.2) is 43.9 Å². The second kappa shape index (κ2) is 9.20. The fraction of sp³-hybridized carbons (Fsp3) is 0.333. The number of hydrogen-bond donors (Lipinski definition) is 2. The maximum Gasteiger partial charge on any atom is 0.309 e. The Morgan fingerprint density at radius 1 is 1.04 bits per heavy atom. The van der Waals surface area contributed by atoms with Crippen LogP contribution in [0.5, 0.6) is 0 Å². The molecule has 2 N–H and O–H groups in total. The molecule has 24 heavy (non-hydrogen) atoms. The quantitative estimate of drug-likeness (QED) is 0.753. The SMILES string of the molecule is CN(C)[C@@H](CNC(=O)C(=O)NCCc1ccccc1)c1cccs1. The van der Waals surface area contributed by atoms with Crippen LogP contribution in [0.1, 0.15) is 16.5 Å². The topological polar surface area (TPSA) is 61.4 Å². The molecule has 0 aliphatic heterocycles. The monoisotopic (exact) mass is 345 g/mol. The van der Waals surface area contributed by atoms with E-state index in [9.17, 15) is 9.59 Å². The summed E-state index contributed by atoms with van der Waals surface area (Å²) in [5.74, 6) is -1.18. The molecule has 0 aliphatic rings. The van der Waals surface area contributed by atoms with Crippen molar-refractivity contribution in [3.8, 4) is 0 Å². The number of carbonyl (C=O) groups is 2. The van der Waals surface area contributed by atoms with Crippen LogP contribution in [0.3, 0.4) is 0 Å². The van der Waals surface area contributed by atoms with Crippen molar-refractivity contribution in [3.63, 3.8) is 0 Å². The van der Waals surface area contributed by atoms with Crippen LogP contribution in [0.15, 0.2) is 47.8 Å². The molecule has 0 radical (unpaired) electrons. The zero-order valence-electron chi connectivity index (χ0n) is 14.0. The van der Waals surface area contributed by atoms with E-state index < -0.39 is 11.8 Å². The van der Waals surface area contributed by atoms with Crippen LogP contribution in [0.4, 0.5) is 0 Å². The Bertz CT molecular complexity index is 642. The standard InChI is InChI=1S/C18H23N3O2S/c1-21(2)15(16-9-6-12-24-16)13-20-18(23)17(22)19-11-10-14-7-4-3-5-8-14/h3-9,12,15H,10-11,13H2,1-2H3,(H,19,22)(H,20,23)/t15-/m0/s1. The first-order chi connectivity index (χ1) is 11.6. The van der Waals surface area contributed by atoms with Gasteiger partial charge in [0.25, 0.3) is 0 Å². The van der Waals surface area contributed by atoms with Gasteiger partial charge in [0.2, 0.25) is 0 Å². The van der Waals surface area contributed by atoms with Crippen LogP contribution in [-0.2, 0) is 16.0 Å². The lowest BCUT2D eigenvalue weighted by atomic mass is 10.1.